The van der Waals surface area contributed by atoms with Gasteiger partial charge in [0, 0.05) is 23.7 Å². The lowest BCUT2D eigenvalue weighted by molar-refractivity contribution is 0.0208. The molecule has 2 N–H and O–H groups in total. The van der Waals surface area contributed by atoms with Crippen molar-refractivity contribution in [2.45, 2.75) is 76.0 Å². The van der Waals surface area contributed by atoms with E-state index in [-0.39, 0.29) is 0 Å². The van der Waals surface area contributed by atoms with Gasteiger partial charge in [0.2, 0.25) is 0 Å². The minimum Gasteiger partial charge on any atom is -0.328 e. The van der Waals surface area contributed by atoms with Crippen LogP contribution in [0.1, 0.15) is 51.5 Å². The molecule has 0 amide bonds. The maximum Gasteiger partial charge on any atom is 0.0162 e. The first-order valence-electron chi connectivity index (χ1n) is 8.14. The summed E-state index contributed by atoms with van der Waals surface area (Å²) in [4.78, 5) is 2.80. The van der Waals surface area contributed by atoms with Crippen molar-refractivity contribution in [2.24, 2.45) is 5.73 Å². The second-order valence-corrected chi connectivity index (χ2v) is 7.32. The first kappa shape index (κ1) is 14.1. The van der Waals surface area contributed by atoms with Crippen LogP contribution in [0.5, 0.6) is 0 Å². The quantitative estimate of drug-likeness (QED) is 0.910. The molecule has 1 aromatic carbocycles. The van der Waals surface area contributed by atoms with Gasteiger partial charge < -0.3 is 5.73 Å². The lowest BCUT2D eigenvalue weighted by atomic mass is 9.87. The van der Waals surface area contributed by atoms with E-state index in [2.05, 4.69) is 49.1 Å². The van der Waals surface area contributed by atoms with Crippen molar-refractivity contribution in [3.05, 3.63) is 35.9 Å². The van der Waals surface area contributed by atoms with Gasteiger partial charge in [-0.25, -0.2) is 0 Å². The lowest BCUT2D eigenvalue weighted by Crippen LogP contribution is -2.56. The van der Waals surface area contributed by atoms with E-state index in [0.29, 0.717) is 11.6 Å². The fourth-order valence-corrected chi connectivity index (χ4v) is 4.43. The van der Waals surface area contributed by atoms with E-state index >= 15 is 0 Å². The summed E-state index contributed by atoms with van der Waals surface area (Å²) in [6.07, 6.45) is 7.52. The zero-order valence-corrected chi connectivity index (χ0v) is 12.9. The Balaban J connectivity index is 1.66. The molecule has 2 heterocycles. The normalized spacial score (nSPS) is 30.6. The van der Waals surface area contributed by atoms with Crippen molar-refractivity contribution in [1.29, 1.82) is 0 Å². The molecule has 2 aliphatic heterocycles. The van der Waals surface area contributed by atoms with Crippen LogP contribution in [0.25, 0.3) is 0 Å². The summed E-state index contributed by atoms with van der Waals surface area (Å²) in [5, 5.41) is 0. The Kier molecular flexibility index (Phi) is 3.87. The molecule has 2 unspecified atom stereocenters. The van der Waals surface area contributed by atoms with Crippen molar-refractivity contribution < 1.29 is 0 Å². The highest BCUT2D eigenvalue weighted by molar-refractivity contribution is 5.15. The topological polar surface area (TPSA) is 29.3 Å². The molecule has 0 spiro atoms. The average molecular weight is 272 g/mol. The highest BCUT2D eigenvalue weighted by Crippen LogP contribution is 2.41. The standard InChI is InChI=1S/C18H28N2/c1-18(2,11-10-14-6-4-3-5-7-14)20-16-8-9-17(20)13-15(19)12-16/h3-7,15-17H,8-13,19H2,1-2H3. The van der Waals surface area contributed by atoms with Crippen LogP contribution in [0, 0.1) is 0 Å². The summed E-state index contributed by atoms with van der Waals surface area (Å²) in [5.41, 5.74) is 7.95. The van der Waals surface area contributed by atoms with Gasteiger partial charge in [-0.3, -0.25) is 4.90 Å². The van der Waals surface area contributed by atoms with Gasteiger partial charge in [-0.2, -0.15) is 0 Å². The number of nitrogens with two attached hydrogens (primary N) is 1. The van der Waals surface area contributed by atoms with Crippen molar-refractivity contribution in [3.8, 4) is 0 Å². The van der Waals surface area contributed by atoms with E-state index < -0.39 is 0 Å². The molecule has 2 nitrogen and oxygen atoms in total. The molecule has 2 saturated heterocycles. The molecule has 2 bridgehead atoms. The molecule has 0 aliphatic carbocycles. The van der Waals surface area contributed by atoms with Crippen LogP contribution in [0.15, 0.2) is 30.3 Å². The zero-order valence-electron chi connectivity index (χ0n) is 12.9. The number of hydrogen-bond donors (Lipinski definition) is 1. The molecule has 1 aromatic rings. The Morgan fingerprint density at radius 3 is 2.30 bits per heavy atom. The van der Waals surface area contributed by atoms with E-state index in [1.54, 1.807) is 0 Å². The van der Waals surface area contributed by atoms with Gasteiger partial charge in [0.1, 0.15) is 0 Å². The van der Waals surface area contributed by atoms with Crippen LogP contribution in [0.2, 0.25) is 0 Å². The Bertz CT molecular complexity index is 426. The highest BCUT2D eigenvalue weighted by atomic mass is 15.3. The van der Waals surface area contributed by atoms with E-state index in [9.17, 15) is 0 Å². The van der Waals surface area contributed by atoms with Gasteiger partial charge in [-0.1, -0.05) is 30.3 Å². The van der Waals surface area contributed by atoms with Crippen LogP contribution < -0.4 is 5.73 Å². The molecule has 2 aliphatic rings. The summed E-state index contributed by atoms with van der Waals surface area (Å²) < 4.78 is 0. The van der Waals surface area contributed by atoms with Crippen LogP contribution in [-0.4, -0.2) is 28.6 Å². The van der Waals surface area contributed by atoms with E-state index in [4.69, 9.17) is 5.73 Å². The number of nitrogens with zero attached hydrogens (tertiary/aromatic N) is 1. The Labute approximate surface area is 123 Å². The minimum absolute atomic E-state index is 0.293. The van der Waals surface area contributed by atoms with Gasteiger partial charge in [-0.05, 0) is 57.9 Å². The number of aryl methyl sites for hydroxylation is 1. The van der Waals surface area contributed by atoms with Gasteiger partial charge in [-0.15, -0.1) is 0 Å². The number of benzene rings is 1. The van der Waals surface area contributed by atoms with Crippen molar-refractivity contribution >= 4 is 0 Å². The van der Waals surface area contributed by atoms with Crippen molar-refractivity contribution in [3.63, 3.8) is 0 Å². The van der Waals surface area contributed by atoms with E-state index in [1.807, 2.05) is 0 Å². The molecule has 3 rings (SSSR count). The number of piperidine rings is 1. The number of hydrogen-bond acceptors (Lipinski definition) is 2. The Morgan fingerprint density at radius 1 is 1.10 bits per heavy atom. The van der Waals surface area contributed by atoms with Crippen LogP contribution >= 0.6 is 0 Å². The fraction of sp³-hybridized carbons (Fsp3) is 0.667. The zero-order chi connectivity index (χ0) is 14.2. The van der Waals surface area contributed by atoms with Crippen molar-refractivity contribution in [1.82, 2.24) is 4.90 Å². The summed E-state index contributed by atoms with van der Waals surface area (Å²) in [6, 6.07) is 12.8. The summed E-state index contributed by atoms with van der Waals surface area (Å²) >= 11 is 0. The summed E-state index contributed by atoms with van der Waals surface area (Å²) in [5.74, 6) is 0. The fourth-order valence-electron chi connectivity index (χ4n) is 4.43. The van der Waals surface area contributed by atoms with Gasteiger partial charge in [0.05, 0.1) is 0 Å². The van der Waals surface area contributed by atoms with Gasteiger partial charge in [0.25, 0.3) is 0 Å². The third-order valence-electron chi connectivity index (χ3n) is 5.34. The predicted octanol–water partition coefficient (Wildman–Crippen LogP) is 3.35. The molecule has 110 valence electrons. The molecular weight excluding hydrogens is 244 g/mol. The molecule has 2 atom stereocenters. The van der Waals surface area contributed by atoms with E-state index in [0.717, 1.165) is 12.1 Å². The largest absolute Gasteiger partial charge is 0.328 e. The monoisotopic (exact) mass is 272 g/mol. The van der Waals surface area contributed by atoms with Crippen LogP contribution in [-0.2, 0) is 6.42 Å². The van der Waals surface area contributed by atoms with Crippen LogP contribution in [0.3, 0.4) is 0 Å². The number of fused-ring (bicyclic) bond motifs is 2. The molecule has 2 heteroatoms. The predicted molar refractivity (Wildman–Crippen MR) is 84.7 cm³/mol. The smallest absolute Gasteiger partial charge is 0.0162 e. The van der Waals surface area contributed by atoms with E-state index in [1.165, 1.54) is 44.1 Å². The molecule has 2 fully saturated rings. The molecular formula is C18H28N2. The average Bonchev–Trinajstić information content (AvgIpc) is 2.72. The summed E-state index contributed by atoms with van der Waals surface area (Å²) in [7, 11) is 0. The number of rotatable bonds is 4. The summed E-state index contributed by atoms with van der Waals surface area (Å²) in [6.45, 7) is 4.86. The molecule has 0 saturated carbocycles. The van der Waals surface area contributed by atoms with Gasteiger partial charge >= 0.3 is 0 Å². The first-order valence-corrected chi connectivity index (χ1v) is 8.14. The molecule has 0 radical (unpaired) electrons. The lowest BCUT2D eigenvalue weighted by Gasteiger charge is -2.48. The maximum atomic E-state index is 6.20. The minimum atomic E-state index is 0.293. The third-order valence-corrected chi connectivity index (χ3v) is 5.34. The first-order chi connectivity index (χ1) is 9.56. The molecule has 20 heavy (non-hydrogen) atoms. The Morgan fingerprint density at radius 2 is 1.70 bits per heavy atom. The molecule has 0 aromatic heterocycles. The van der Waals surface area contributed by atoms with Crippen LogP contribution in [0.4, 0.5) is 0 Å². The Hall–Kier alpha value is -0.860. The van der Waals surface area contributed by atoms with Crippen molar-refractivity contribution in [2.75, 3.05) is 0 Å². The third kappa shape index (κ3) is 2.77. The highest BCUT2D eigenvalue weighted by Gasteiger charge is 2.45. The maximum absolute atomic E-state index is 6.20. The second kappa shape index (κ2) is 5.50. The second-order valence-electron chi connectivity index (χ2n) is 7.32. The van der Waals surface area contributed by atoms with Gasteiger partial charge in [0.15, 0.2) is 0 Å². The SMILES string of the molecule is CC(C)(CCc1ccccc1)N1C2CCC1CC(N)C2.